The van der Waals surface area contributed by atoms with E-state index in [0.29, 0.717) is 13.0 Å². The van der Waals surface area contributed by atoms with E-state index in [0.717, 1.165) is 37.7 Å². The molecule has 31 heavy (non-hydrogen) atoms. The fourth-order valence-electron chi connectivity index (χ4n) is 5.64. The van der Waals surface area contributed by atoms with Crippen molar-refractivity contribution in [2.75, 3.05) is 13.7 Å². The van der Waals surface area contributed by atoms with Crippen LogP contribution in [0, 0.1) is 17.8 Å². The van der Waals surface area contributed by atoms with Crippen molar-refractivity contribution in [2.45, 2.75) is 58.5 Å². The molecule has 3 aliphatic rings. The smallest absolute Gasteiger partial charge is 0.233 e. The molecule has 4 rings (SSSR count). The quantitative estimate of drug-likeness (QED) is 0.509. The number of fused-ring (bicyclic) bond motifs is 3. The first-order chi connectivity index (χ1) is 14.9. The van der Waals surface area contributed by atoms with E-state index in [1.165, 1.54) is 21.6 Å². The average Bonchev–Trinajstić information content (AvgIpc) is 3.28. The summed E-state index contributed by atoms with van der Waals surface area (Å²) in [4.78, 5) is 26.8. The Labute approximate surface area is 184 Å². The van der Waals surface area contributed by atoms with Crippen molar-refractivity contribution in [1.29, 1.82) is 0 Å². The minimum Gasteiger partial charge on any atom is -0.508 e. The van der Waals surface area contributed by atoms with Gasteiger partial charge in [0.2, 0.25) is 11.8 Å². The Bertz CT molecular complexity index is 914. The maximum atomic E-state index is 12.8. The van der Waals surface area contributed by atoms with Crippen molar-refractivity contribution in [2.24, 2.45) is 17.8 Å². The molecule has 1 aromatic carbocycles. The third-order valence-electron chi connectivity index (χ3n) is 7.23. The molecule has 2 aliphatic heterocycles. The number of phenolic OH excluding ortho intramolecular Hbond substituents is 1. The van der Waals surface area contributed by atoms with Gasteiger partial charge in [-0.25, -0.2) is 0 Å². The van der Waals surface area contributed by atoms with Crippen molar-refractivity contribution in [3.63, 3.8) is 0 Å². The molecule has 0 radical (unpaired) electrons. The molecule has 1 N–H and O–H groups in total. The molecule has 5 nitrogen and oxygen atoms in total. The van der Waals surface area contributed by atoms with Gasteiger partial charge in [0.15, 0.2) is 0 Å². The minimum atomic E-state index is -0.240. The van der Waals surface area contributed by atoms with Crippen molar-refractivity contribution >= 4 is 17.9 Å². The second kappa shape index (κ2) is 8.99. The number of ether oxygens (including phenoxy) is 1. The molecule has 166 valence electrons. The third kappa shape index (κ3) is 4.08. The largest absolute Gasteiger partial charge is 0.508 e. The molecule has 2 heterocycles. The first-order valence-corrected chi connectivity index (χ1v) is 11.6. The van der Waals surface area contributed by atoms with Crippen LogP contribution in [0.4, 0.5) is 0 Å². The van der Waals surface area contributed by atoms with Crippen LogP contribution in [-0.4, -0.2) is 41.6 Å². The van der Waals surface area contributed by atoms with Crippen LogP contribution in [0.2, 0.25) is 0 Å². The number of amides is 2. The molecule has 0 saturated carbocycles. The second-order valence-electron chi connectivity index (χ2n) is 9.10. The van der Waals surface area contributed by atoms with Crippen LogP contribution in [0.3, 0.4) is 0 Å². The summed E-state index contributed by atoms with van der Waals surface area (Å²) >= 11 is 0. The van der Waals surface area contributed by atoms with Crippen LogP contribution >= 0.6 is 0 Å². The highest BCUT2D eigenvalue weighted by Gasteiger charge is 2.55. The number of carbonyl (C=O) groups excluding carboxylic acids is 2. The zero-order chi connectivity index (χ0) is 22.1. The molecule has 0 unspecified atom stereocenters. The minimum absolute atomic E-state index is 0.0174. The lowest BCUT2D eigenvalue weighted by Crippen LogP contribution is -2.34. The zero-order valence-corrected chi connectivity index (χ0v) is 18.8. The van der Waals surface area contributed by atoms with Gasteiger partial charge in [0.1, 0.15) is 5.75 Å². The molecule has 2 amide bonds. The highest BCUT2D eigenvalue weighted by Crippen LogP contribution is 2.50. The number of hydrogen-bond acceptors (Lipinski definition) is 4. The topological polar surface area (TPSA) is 66.8 Å². The first-order valence-electron chi connectivity index (χ1n) is 11.6. The van der Waals surface area contributed by atoms with Gasteiger partial charge in [0, 0.05) is 13.0 Å². The van der Waals surface area contributed by atoms with Crippen LogP contribution in [-0.2, 0) is 14.3 Å². The number of nitrogens with zero attached hydrogens (tertiary/aromatic N) is 1. The van der Waals surface area contributed by atoms with E-state index in [1.54, 1.807) is 19.2 Å². The second-order valence-corrected chi connectivity index (χ2v) is 9.10. The van der Waals surface area contributed by atoms with Gasteiger partial charge in [0.25, 0.3) is 0 Å². The van der Waals surface area contributed by atoms with Crippen molar-refractivity contribution < 1.29 is 19.4 Å². The summed E-state index contributed by atoms with van der Waals surface area (Å²) in [6, 6.07) is 7.27. The van der Waals surface area contributed by atoms with Gasteiger partial charge < -0.3 is 9.84 Å². The predicted octanol–water partition coefficient (Wildman–Crippen LogP) is 4.71. The first kappa shape index (κ1) is 21.8. The summed E-state index contributed by atoms with van der Waals surface area (Å²) in [6.45, 7) is 4.88. The standard InChI is InChI=1S/C26H33NO4/c1-4-6-18-14-20-24(26(30)27(3)25(20)29)21-15-31-22(23(18)21)12-9-16(5-2)13-17-7-10-19(28)11-8-17/h7-8,10-11,13,20-22,24,28H,4-6,9,12,14-15H2,1-3H3/b16-13+/t20-,21+,22-,24-/m1/s1. The monoisotopic (exact) mass is 423 g/mol. The van der Waals surface area contributed by atoms with Crippen LogP contribution in [0.15, 0.2) is 41.0 Å². The highest BCUT2D eigenvalue weighted by atomic mass is 16.5. The lowest BCUT2D eigenvalue weighted by atomic mass is 9.68. The van der Waals surface area contributed by atoms with Crippen LogP contribution < -0.4 is 0 Å². The Balaban J connectivity index is 1.54. The van der Waals surface area contributed by atoms with E-state index in [4.69, 9.17) is 4.74 Å². The SMILES string of the molecule is CCCC1=C2[C@@H](CC/C(=C/c3ccc(O)cc3)CC)OC[C@@H]2[C@@H]2C(=O)N(C)C(=O)[C@@H]2C1. The number of hydrogen-bond donors (Lipinski definition) is 1. The normalized spacial score (nSPS) is 28.4. The van der Waals surface area contributed by atoms with Crippen molar-refractivity contribution in [1.82, 2.24) is 4.90 Å². The zero-order valence-electron chi connectivity index (χ0n) is 18.8. The summed E-state index contributed by atoms with van der Waals surface area (Å²) in [5.41, 5.74) is 5.10. The fraction of sp³-hybridized carbons (Fsp3) is 0.538. The van der Waals surface area contributed by atoms with Crippen LogP contribution in [0.5, 0.6) is 5.75 Å². The van der Waals surface area contributed by atoms with E-state index < -0.39 is 0 Å². The van der Waals surface area contributed by atoms with E-state index in [-0.39, 0.29) is 41.4 Å². The number of allylic oxidation sites excluding steroid dienone is 2. The number of benzene rings is 1. The molecular weight excluding hydrogens is 390 g/mol. The number of carbonyl (C=O) groups is 2. The van der Waals surface area contributed by atoms with E-state index in [9.17, 15) is 14.7 Å². The average molecular weight is 424 g/mol. The lowest BCUT2D eigenvalue weighted by Gasteiger charge is -2.32. The summed E-state index contributed by atoms with van der Waals surface area (Å²) in [5, 5.41) is 9.50. The number of rotatable bonds is 7. The van der Waals surface area contributed by atoms with Gasteiger partial charge in [-0.3, -0.25) is 14.5 Å². The molecule has 2 saturated heterocycles. The van der Waals surface area contributed by atoms with E-state index in [1.807, 2.05) is 12.1 Å². The van der Waals surface area contributed by atoms with Gasteiger partial charge in [-0.15, -0.1) is 0 Å². The molecule has 0 spiro atoms. The van der Waals surface area contributed by atoms with Gasteiger partial charge in [-0.2, -0.15) is 0 Å². The van der Waals surface area contributed by atoms with E-state index >= 15 is 0 Å². The molecule has 4 atom stereocenters. The molecular formula is C26H33NO4. The van der Waals surface area contributed by atoms with Gasteiger partial charge in [-0.05, 0) is 55.4 Å². The van der Waals surface area contributed by atoms with Gasteiger partial charge in [0.05, 0.1) is 24.5 Å². The number of phenols is 1. The number of imide groups is 1. The molecule has 1 aliphatic carbocycles. The fourth-order valence-corrected chi connectivity index (χ4v) is 5.64. The summed E-state index contributed by atoms with van der Waals surface area (Å²) in [5.74, 6) is -0.156. The van der Waals surface area contributed by atoms with E-state index in [2.05, 4.69) is 19.9 Å². The van der Waals surface area contributed by atoms with Crippen LogP contribution in [0.25, 0.3) is 6.08 Å². The molecule has 1 aromatic rings. The van der Waals surface area contributed by atoms with Crippen molar-refractivity contribution in [3.8, 4) is 5.75 Å². The molecule has 2 fully saturated rings. The predicted molar refractivity (Wildman–Crippen MR) is 120 cm³/mol. The summed E-state index contributed by atoms with van der Waals surface area (Å²) in [6.07, 6.45) is 7.74. The summed E-state index contributed by atoms with van der Waals surface area (Å²) < 4.78 is 6.26. The van der Waals surface area contributed by atoms with Gasteiger partial charge in [-0.1, -0.05) is 49.6 Å². The Hall–Kier alpha value is -2.40. The molecule has 5 heteroatoms. The maximum absolute atomic E-state index is 12.8. The Morgan fingerprint density at radius 3 is 2.58 bits per heavy atom. The number of aromatic hydroxyl groups is 1. The number of likely N-dealkylation sites (tertiary alicyclic amines) is 1. The Morgan fingerprint density at radius 1 is 1.16 bits per heavy atom. The highest BCUT2D eigenvalue weighted by molar-refractivity contribution is 6.05. The van der Waals surface area contributed by atoms with Crippen molar-refractivity contribution in [3.05, 3.63) is 46.5 Å². The molecule has 0 aromatic heterocycles. The molecule has 0 bridgehead atoms. The Kier molecular flexibility index (Phi) is 6.33. The van der Waals surface area contributed by atoms with Gasteiger partial charge >= 0.3 is 0 Å². The third-order valence-corrected chi connectivity index (χ3v) is 7.23. The lowest BCUT2D eigenvalue weighted by molar-refractivity contribution is -0.138. The maximum Gasteiger partial charge on any atom is 0.233 e. The Morgan fingerprint density at radius 2 is 1.90 bits per heavy atom. The van der Waals surface area contributed by atoms with Crippen LogP contribution in [0.1, 0.15) is 57.9 Å². The summed E-state index contributed by atoms with van der Waals surface area (Å²) in [7, 11) is 1.62.